The maximum absolute atomic E-state index is 11.4. The van der Waals surface area contributed by atoms with Gasteiger partial charge in [0.25, 0.3) is 11.4 Å². The van der Waals surface area contributed by atoms with Crippen LogP contribution in [0.3, 0.4) is 0 Å². The molecule has 1 heterocycles. The zero-order valence-corrected chi connectivity index (χ0v) is 18.3. The second kappa shape index (κ2) is 10.5. The van der Waals surface area contributed by atoms with Crippen LogP contribution < -0.4 is 5.32 Å². The van der Waals surface area contributed by atoms with Gasteiger partial charge >= 0.3 is 0 Å². The van der Waals surface area contributed by atoms with Gasteiger partial charge in [0, 0.05) is 25.8 Å². The van der Waals surface area contributed by atoms with Gasteiger partial charge in [-0.2, -0.15) is 0 Å². The summed E-state index contributed by atoms with van der Waals surface area (Å²) in [6.45, 7) is 2.85. The summed E-state index contributed by atoms with van der Waals surface area (Å²) in [5, 5.41) is 25.5. The number of ether oxygens (including phenoxy) is 2. The minimum absolute atomic E-state index is 0.0546. The molecule has 3 rings (SSSR count). The summed E-state index contributed by atoms with van der Waals surface area (Å²) in [6, 6.07) is 13.7. The molecule has 0 spiro atoms. The van der Waals surface area contributed by atoms with Gasteiger partial charge in [-0.1, -0.05) is 30.3 Å². The largest absolute Gasteiger partial charge is 0.372 e. The van der Waals surface area contributed by atoms with E-state index < -0.39 is 16.1 Å². The number of anilines is 1. The van der Waals surface area contributed by atoms with Crippen LogP contribution in [0.1, 0.15) is 31.4 Å². The fourth-order valence-corrected chi connectivity index (χ4v) is 3.92. The minimum atomic E-state index is -0.657. The second-order valence-electron chi connectivity index (χ2n) is 7.93. The molecule has 0 amide bonds. The van der Waals surface area contributed by atoms with E-state index >= 15 is 0 Å². The molecular formula is C22H28N4O6. The van der Waals surface area contributed by atoms with Gasteiger partial charge in [-0.25, -0.2) is 0 Å². The van der Waals surface area contributed by atoms with Crippen LogP contribution in [0.2, 0.25) is 0 Å². The molecule has 2 aromatic carbocycles. The van der Waals surface area contributed by atoms with Crippen molar-refractivity contribution in [2.24, 2.45) is 0 Å². The van der Waals surface area contributed by atoms with Crippen LogP contribution in [0.15, 0.2) is 48.5 Å². The van der Waals surface area contributed by atoms with E-state index in [0.717, 1.165) is 12.5 Å². The molecule has 1 fully saturated rings. The maximum atomic E-state index is 11.4. The lowest BCUT2D eigenvalue weighted by atomic mass is 10.0. The van der Waals surface area contributed by atoms with E-state index in [1.807, 2.05) is 25.2 Å². The van der Waals surface area contributed by atoms with Gasteiger partial charge in [-0.05, 0) is 38.4 Å². The Morgan fingerprint density at radius 3 is 2.50 bits per heavy atom. The van der Waals surface area contributed by atoms with Crippen molar-refractivity contribution >= 4 is 17.1 Å². The summed E-state index contributed by atoms with van der Waals surface area (Å²) in [5.41, 5.74) is 0.734. The molecule has 0 unspecified atom stereocenters. The number of methoxy groups -OCH3 is 1. The number of nitrogens with one attached hydrogen (secondary N) is 1. The highest BCUT2D eigenvalue weighted by molar-refractivity contribution is 5.65. The topological polar surface area (TPSA) is 120 Å². The van der Waals surface area contributed by atoms with Gasteiger partial charge in [0.2, 0.25) is 0 Å². The van der Waals surface area contributed by atoms with Crippen molar-refractivity contribution < 1.29 is 19.3 Å². The number of hydrogen-bond donors (Lipinski definition) is 1. The van der Waals surface area contributed by atoms with E-state index in [4.69, 9.17) is 9.47 Å². The summed E-state index contributed by atoms with van der Waals surface area (Å²) < 4.78 is 11.6. The van der Waals surface area contributed by atoms with E-state index in [-0.39, 0.29) is 35.2 Å². The van der Waals surface area contributed by atoms with Crippen molar-refractivity contribution in [1.82, 2.24) is 4.90 Å². The van der Waals surface area contributed by atoms with Crippen LogP contribution in [0.4, 0.5) is 17.1 Å². The lowest BCUT2D eigenvalue weighted by Crippen LogP contribution is -2.47. The third-order valence-electron chi connectivity index (χ3n) is 5.85. The zero-order chi connectivity index (χ0) is 23.3. The Labute approximate surface area is 186 Å². The van der Waals surface area contributed by atoms with E-state index in [1.54, 1.807) is 0 Å². The molecule has 0 aliphatic carbocycles. The number of hydrogen-bond acceptors (Lipinski definition) is 8. The summed E-state index contributed by atoms with van der Waals surface area (Å²) in [4.78, 5) is 23.3. The van der Waals surface area contributed by atoms with Crippen LogP contribution in [0, 0.1) is 20.2 Å². The Kier molecular flexibility index (Phi) is 7.73. The number of benzene rings is 2. The number of nitro benzene ring substituents is 2. The van der Waals surface area contributed by atoms with Crippen molar-refractivity contribution in [3.05, 3.63) is 74.3 Å². The number of nitrogens with zero attached hydrogens (tertiary/aromatic N) is 3. The molecule has 1 N–H and O–H groups in total. The Morgan fingerprint density at radius 2 is 1.88 bits per heavy atom. The van der Waals surface area contributed by atoms with Crippen LogP contribution in [0.5, 0.6) is 0 Å². The first-order chi connectivity index (χ1) is 15.3. The van der Waals surface area contributed by atoms with Crippen molar-refractivity contribution in [3.63, 3.8) is 0 Å². The fourth-order valence-electron chi connectivity index (χ4n) is 3.92. The minimum Gasteiger partial charge on any atom is -0.372 e. The highest BCUT2D eigenvalue weighted by atomic mass is 16.7. The van der Waals surface area contributed by atoms with Gasteiger partial charge in [0.05, 0.1) is 28.1 Å². The third kappa shape index (κ3) is 5.58. The molecule has 32 heavy (non-hydrogen) atoms. The predicted octanol–water partition coefficient (Wildman–Crippen LogP) is 4.13. The zero-order valence-electron chi connectivity index (χ0n) is 18.3. The summed E-state index contributed by atoms with van der Waals surface area (Å²) in [7, 11) is 3.58. The Hall–Kier alpha value is -3.08. The van der Waals surface area contributed by atoms with E-state index in [1.165, 1.54) is 24.8 Å². The lowest BCUT2D eigenvalue weighted by molar-refractivity contribution is -0.393. The van der Waals surface area contributed by atoms with Crippen LogP contribution in [-0.4, -0.2) is 53.9 Å². The highest BCUT2D eigenvalue weighted by Crippen LogP contribution is 2.32. The third-order valence-corrected chi connectivity index (χ3v) is 5.85. The SMILES string of the molecule is CO[C@@H]1O[C@@H](CN(C)[C@@H](C)c2ccccc2)CC[C@@H]1Nc1ccc([N+](=O)[O-])cc1[N+](=O)[O-]. The van der Waals surface area contributed by atoms with Gasteiger partial charge < -0.3 is 14.8 Å². The van der Waals surface area contributed by atoms with Gasteiger partial charge in [0.1, 0.15) is 5.69 Å². The average Bonchev–Trinajstić information content (AvgIpc) is 2.79. The first-order valence-corrected chi connectivity index (χ1v) is 10.4. The molecule has 2 aromatic rings. The molecule has 0 saturated carbocycles. The van der Waals surface area contributed by atoms with Crippen LogP contribution in [-0.2, 0) is 9.47 Å². The number of non-ortho nitro benzene ring substituents is 1. The number of nitro groups is 2. The molecule has 4 atom stereocenters. The summed E-state index contributed by atoms with van der Waals surface area (Å²) >= 11 is 0. The molecule has 1 aliphatic rings. The molecule has 1 saturated heterocycles. The van der Waals surface area contributed by atoms with Crippen molar-refractivity contribution in [2.45, 2.75) is 44.2 Å². The first-order valence-electron chi connectivity index (χ1n) is 10.4. The quantitative estimate of drug-likeness (QED) is 0.453. The smallest absolute Gasteiger partial charge is 0.299 e. The van der Waals surface area contributed by atoms with Crippen LogP contribution in [0.25, 0.3) is 0 Å². The molecule has 10 nitrogen and oxygen atoms in total. The highest BCUT2D eigenvalue weighted by Gasteiger charge is 2.34. The van der Waals surface area contributed by atoms with Crippen molar-refractivity contribution in [2.75, 3.05) is 26.0 Å². The molecule has 0 bridgehead atoms. The molecule has 10 heteroatoms. The monoisotopic (exact) mass is 444 g/mol. The van der Waals surface area contributed by atoms with Crippen molar-refractivity contribution in [1.29, 1.82) is 0 Å². The first kappa shape index (κ1) is 23.6. The van der Waals surface area contributed by atoms with E-state index in [2.05, 4.69) is 29.3 Å². The number of likely N-dealkylation sites (N-methyl/N-ethyl adjacent to an activating group) is 1. The molecular weight excluding hydrogens is 416 g/mol. The van der Waals surface area contributed by atoms with E-state index in [9.17, 15) is 20.2 Å². The Bertz CT molecular complexity index is 941. The second-order valence-corrected chi connectivity index (χ2v) is 7.93. The predicted molar refractivity (Wildman–Crippen MR) is 120 cm³/mol. The summed E-state index contributed by atoms with van der Waals surface area (Å²) in [6.07, 6.45) is 0.750. The van der Waals surface area contributed by atoms with Crippen molar-refractivity contribution in [3.8, 4) is 0 Å². The standard InChI is InChI=1S/C22H28N4O6/c1-15(16-7-5-4-6-8-16)24(2)14-18-10-12-20(22(31-3)32-18)23-19-11-9-17(25(27)28)13-21(19)26(29)30/h4-9,11,13,15,18,20,22-23H,10,12,14H2,1-3H3/t15-,18+,20-,22+/m0/s1. The van der Waals surface area contributed by atoms with Gasteiger partial charge in [0.15, 0.2) is 6.29 Å². The van der Waals surface area contributed by atoms with Gasteiger partial charge in [-0.15, -0.1) is 0 Å². The molecule has 0 aromatic heterocycles. The maximum Gasteiger partial charge on any atom is 0.299 e. The van der Waals surface area contributed by atoms with Gasteiger partial charge in [-0.3, -0.25) is 25.1 Å². The summed E-state index contributed by atoms with van der Waals surface area (Å²) in [5.74, 6) is 0. The van der Waals surface area contributed by atoms with E-state index in [0.29, 0.717) is 13.0 Å². The Morgan fingerprint density at radius 1 is 1.16 bits per heavy atom. The fraction of sp³-hybridized carbons (Fsp3) is 0.455. The molecule has 0 radical (unpaired) electrons. The normalized spacial score (nSPS) is 21.8. The average molecular weight is 444 g/mol. The Balaban J connectivity index is 1.65. The molecule has 1 aliphatic heterocycles. The van der Waals surface area contributed by atoms with Crippen LogP contribution >= 0.6 is 0 Å². The lowest BCUT2D eigenvalue weighted by Gasteiger charge is -2.38. The number of rotatable bonds is 9. The molecule has 172 valence electrons.